The normalized spacial score (nSPS) is 9.85. The van der Waals surface area contributed by atoms with Crippen LogP contribution in [0.25, 0.3) is 22.9 Å². The van der Waals surface area contributed by atoms with Crippen LogP contribution >= 0.6 is 0 Å². The second-order valence-corrected chi connectivity index (χ2v) is 7.89. The molecular formula is C29H24F2N7Pt-. The van der Waals surface area contributed by atoms with Gasteiger partial charge < -0.3 is 23.3 Å². The van der Waals surface area contributed by atoms with Crippen LogP contribution in [0.15, 0.2) is 110 Å². The zero-order valence-corrected chi connectivity index (χ0v) is 23.4. The molecule has 7 nitrogen and oxygen atoms in total. The Morgan fingerprint density at radius 3 is 2.08 bits per heavy atom. The molecule has 0 aliphatic rings. The Kier molecular flexibility index (Phi) is 10.9. The van der Waals surface area contributed by atoms with Crippen LogP contribution in [0.1, 0.15) is 0 Å². The summed E-state index contributed by atoms with van der Waals surface area (Å²) in [4.78, 5) is 12.3. The fourth-order valence-electron chi connectivity index (χ4n) is 3.21. The van der Waals surface area contributed by atoms with Crippen LogP contribution < -0.4 is 9.13 Å². The van der Waals surface area contributed by atoms with Crippen molar-refractivity contribution in [3.8, 4) is 22.9 Å². The Balaban J connectivity index is 0.000000160. The molecule has 5 aromatic heterocycles. The zero-order chi connectivity index (χ0) is 26.7. The summed E-state index contributed by atoms with van der Waals surface area (Å²) >= 11 is 0. The average molecular weight is 704 g/mol. The molecule has 0 bridgehead atoms. The number of nitrogens with zero attached hydrogens (tertiary/aromatic N) is 7. The number of hydrogen-bond acceptors (Lipinski definition) is 3. The van der Waals surface area contributed by atoms with Gasteiger partial charge in [0.05, 0.1) is 13.2 Å². The van der Waals surface area contributed by atoms with Gasteiger partial charge in [-0.2, -0.15) is 4.98 Å². The number of benzene rings is 1. The third-order valence-electron chi connectivity index (χ3n) is 4.98. The van der Waals surface area contributed by atoms with Crippen molar-refractivity contribution in [2.75, 3.05) is 0 Å². The van der Waals surface area contributed by atoms with Crippen LogP contribution in [0, 0.1) is 30.4 Å². The predicted molar refractivity (Wildman–Crippen MR) is 136 cm³/mol. The van der Waals surface area contributed by atoms with Crippen molar-refractivity contribution in [3.05, 3.63) is 140 Å². The van der Waals surface area contributed by atoms with E-state index in [0.717, 1.165) is 23.8 Å². The Morgan fingerprint density at radius 1 is 0.821 bits per heavy atom. The van der Waals surface area contributed by atoms with Gasteiger partial charge in [-0.05, 0) is 48.4 Å². The van der Waals surface area contributed by atoms with E-state index in [2.05, 4.69) is 33.7 Å². The topological polar surface area (TPSA) is 56.3 Å². The minimum atomic E-state index is -0.649. The molecule has 0 amide bonds. The summed E-state index contributed by atoms with van der Waals surface area (Å²) in [5, 5.41) is 0. The van der Waals surface area contributed by atoms with Crippen molar-refractivity contribution in [1.29, 1.82) is 0 Å². The molecule has 39 heavy (non-hydrogen) atoms. The molecule has 200 valence electrons. The van der Waals surface area contributed by atoms with E-state index in [9.17, 15) is 8.78 Å². The van der Waals surface area contributed by atoms with Crippen molar-refractivity contribution in [3.63, 3.8) is 0 Å². The number of pyridine rings is 3. The van der Waals surface area contributed by atoms with Gasteiger partial charge >= 0.3 is 0 Å². The summed E-state index contributed by atoms with van der Waals surface area (Å²) in [7, 11) is 3.86. The second kappa shape index (κ2) is 14.5. The molecule has 0 N–H and O–H groups in total. The van der Waals surface area contributed by atoms with Crippen LogP contribution in [0.2, 0.25) is 0 Å². The first-order valence-corrected chi connectivity index (χ1v) is 11.5. The molecule has 6 aromatic rings. The summed E-state index contributed by atoms with van der Waals surface area (Å²) in [6.45, 7) is 0. The van der Waals surface area contributed by atoms with Crippen molar-refractivity contribution in [1.82, 2.24) is 24.1 Å². The summed E-state index contributed by atoms with van der Waals surface area (Å²) in [5.74, 6) is 0.488. The predicted octanol–water partition coefficient (Wildman–Crippen LogP) is 3.82. The standard InChI is InChI=1S/C11H6F2N.2C9H9N3.Pt/c12-8-4-5-9(10(13)7-8)11-3-1-2-6-14-11;2*1-11-6-7-12(8-11)9-4-2-3-5-10-9;/h1-4,6-7H;2*2-7H,1H3;/q-1;;;. The third-order valence-corrected chi connectivity index (χ3v) is 4.98. The average Bonchev–Trinajstić information content (AvgIpc) is 3.59. The van der Waals surface area contributed by atoms with Crippen LogP contribution in [-0.4, -0.2) is 24.1 Å². The van der Waals surface area contributed by atoms with Gasteiger partial charge in [0.15, 0.2) is 12.1 Å². The number of aromatic nitrogens is 7. The van der Waals surface area contributed by atoms with E-state index in [1.165, 1.54) is 0 Å². The van der Waals surface area contributed by atoms with Gasteiger partial charge in [0.2, 0.25) is 6.33 Å². The fourth-order valence-corrected chi connectivity index (χ4v) is 3.21. The van der Waals surface area contributed by atoms with Gasteiger partial charge in [-0.1, -0.05) is 35.9 Å². The molecule has 0 spiro atoms. The zero-order valence-electron chi connectivity index (χ0n) is 21.1. The first-order valence-electron chi connectivity index (χ1n) is 11.5. The first kappa shape index (κ1) is 29.2. The van der Waals surface area contributed by atoms with Gasteiger partial charge in [-0.25, -0.2) is 0 Å². The molecule has 6 rings (SSSR count). The number of halogens is 2. The SMILES string of the molecule is C[n+]1[c-]n(-c2ccccn2)cc1.Cn1[c-][n+](-c2ccccn2)cc1.Fc1c[c-]c(-c2ccccn2)c(F)c1.[Pt]. The van der Waals surface area contributed by atoms with Crippen molar-refractivity contribution < 1.29 is 39.0 Å². The van der Waals surface area contributed by atoms with E-state index in [1.54, 1.807) is 36.8 Å². The Morgan fingerprint density at radius 2 is 1.54 bits per heavy atom. The van der Waals surface area contributed by atoms with Crippen LogP contribution in [0.5, 0.6) is 0 Å². The van der Waals surface area contributed by atoms with E-state index < -0.39 is 11.6 Å². The summed E-state index contributed by atoms with van der Waals surface area (Å²) in [6, 6.07) is 21.1. The van der Waals surface area contributed by atoms with Gasteiger partial charge in [-0.3, -0.25) is 13.8 Å². The summed E-state index contributed by atoms with van der Waals surface area (Å²) in [5.41, 5.74) is 0.636. The number of aryl methyl sites for hydroxylation is 2. The molecule has 0 atom stereocenters. The second-order valence-electron chi connectivity index (χ2n) is 7.89. The van der Waals surface area contributed by atoms with Gasteiger partial charge in [0.25, 0.3) is 0 Å². The molecule has 0 aliphatic carbocycles. The Bertz CT molecular complexity index is 1480. The molecule has 0 aliphatic heterocycles. The van der Waals surface area contributed by atoms with Crippen molar-refractivity contribution in [2.45, 2.75) is 0 Å². The molecule has 10 heteroatoms. The van der Waals surface area contributed by atoms with Crippen LogP contribution in [0.3, 0.4) is 0 Å². The van der Waals surface area contributed by atoms with Gasteiger partial charge in [0, 0.05) is 64.5 Å². The maximum Gasteiger partial charge on any atom is 0.244 e. The molecule has 0 saturated carbocycles. The maximum atomic E-state index is 13.2. The first-order chi connectivity index (χ1) is 18.5. The van der Waals surface area contributed by atoms with Gasteiger partial charge in [0.1, 0.15) is 5.82 Å². The minimum Gasteiger partial charge on any atom is -0.357 e. The smallest absolute Gasteiger partial charge is 0.244 e. The van der Waals surface area contributed by atoms with Crippen LogP contribution in [-0.2, 0) is 35.2 Å². The monoisotopic (exact) mass is 703 g/mol. The number of hydrogen-bond donors (Lipinski definition) is 0. The van der Waals surface area contributed by atoms with Crippen LogP contribution in [0.4, 0.5) is 8.78 Å². The van der Waals surface area contributed by atoms with E-state index in [4.69, 9.17) is 0 Å². The molecule has 5 heterocycles. The van der Waals surface area contributed by atoms with Gasteiger partial charge in [-0.15, -0.1) is 12.1 Å². The molecule has 0 unspecified atom stereocenters. The van der Waals surface area contributed by atoms with E-state index in [1.807, 2.05) is 93.5 Å². The number of imidazole rings is 2. The Hall–Kier alpha value is -4.36. The third kappa shape index (κ3) is 8.58. The molecular weight excluding hydrogens is 679 g/mol. The molecule has 0 saturated heterocycles. The minimum absolute atomic E-state index is 0. The maximum absolute atomic E-state index is 13.2. The Labute approximate surface area is 240 Å². The fraction of sp³-hybridized carbons (Fsp3) is 0.0690. The van der Waals surface area contributed by atoms with E-state index in [-0.39, 0.29) is 26.6 Å². The molecule has 0 radical (unpaired) electrons. The van der Waals surface area contributed by atoms with Crippen molar-refractivity contribution in [2.24, 2.45) is 14.1 Å². The quantitative estimate of drug-likeness (QED) is 0.208. The molecule has 0 fully saturated rings. The summed E-state index contributed by atoms with van der Waals surface area (Å²) < 4.78 is 33.2. The summed E-state index contributed by atoms with van der Waals surface area (Å²) in [6.07, 6.45) is 18.9. The largest absolute Gasteiger partial charge is 0.357 e. The number of rotatable bonds is 3. The molecule has 1 aromatic carbocycles. The van der Waals surface area contributed by atoms with Crippen molar-refractivity contribution >= 4 is 0 Å². The van der Waals surface area contributed by atoms with E-state index in [0.29, 0.717) is 5.69 Å². The van der Waals surface area contributed by atoms with E-state index >= 15 is 0 Å².